The summed E-state index contributed by atoms with van der Waals surface area (Å²) in [5.74, 6) is 0.539. The molecule has 1 aliphatic rings. The molecule has 0 radical (unpaired) electrons. The van der Waals surface area contributed by atoms with Crippen LogP contribution in [-0.2, 0) is 0 Å². The quantitative estimate of drug-likeness (QED) is 0.873. The van der Waals surface area contributed by atoms with Crippen LogP contribution in [0.1, 0.15) is 30.1 Å². The summed E-state index contributed by atoms with van der Waals surface area (Å²) in [5, 5.41) is 12.3. The second kappa shape index (κ2) is 5.08. The van der Waals surface area contributed by atoms with Crippen molar-refractivity contribution >= 4 is 27.6 Å². The van der Waals surface area contributed by atoms with Crippen LogP contribution in [0.2, 0.25) is 0 Å². The monoisotopic (exact) mass is 297 g/mol. The molecular weight excluding hydrogens is 282 g/mol. The number of aromatic carboxylic acids is 1. The van der Waals surface area contributed by atoms with Crippen molar-refractivity contribution in [3.05, 3.63) is 28.2 Å². The molecule has 0 saturated heterocycles. The lowest BCUT2D eigenvalue weighted by Gasteiger charge is -2.14. The van der Waals surface area contributed by atoms with Gasteiger partial charge in [-0.05, 0) is 42.9 Å². The summed E-state index contributed by atoms with van der Waals surface area (Å²) < 4.78 is 0.893. The number of carboxylic acid groups (broad SMARTS) is 1. The minimum absolute atomic E-state index is 0.330. The van der Waals surface area contributed by atoms with Crippen molar-refractivity contribution in [3.63, 3.8) is 0 Å². The summed E-state index contributed by atoms with van der Waals surface area (Å²) in [6.45, 7) is 3.05. The zero-order chi connectivity index (χ0) is 12.4. The molecule has 1 fully saturated rings. The van der Waals surface area contributed by atoms with Gasteiger partial charge >= 0.3 is 5.97 Å². The number of halogens is 1. The van der Waals surface area contributed by atoms with Crippen LogP contribution in [-0.4, -0.2) is 17.6 Å². The molecule has 1 saturated carbocycles. The van der Waals surface area contributed by atoms with Crippen LogP contribution in [0.3, 0.4) is 0 Å². The van der Waals surface area contributed by atoms with E-state index < -0.39 is 5.97 Å². The Morgan fingerprint density at radius 3 is 2.88 bits per heavy atom. The van der Waals surface area contributed by atoms with Gasteiger partial charge in [0.2, 0.25) is 0 Å². The molecule has 4 heteroatoms. The normalized spacial score (nSPS) is 16.6. The second-order valence-electron chi connectivity index (χ2n) is 4.69. The van der Waals surface area contributed by atoms with Crippen molar-refractivity contribution in [2.24, 2.45) is 11.8 Å². The molecule has 0 spiro atoms. The molecule has 0 aliphatic heterocycles. The van der Waals surface area contributed by atoms with Gasteiger partial charge in [0, 0.05) is 16.7 Å². The van der Waals surface area contributed by atoms with Crippen LogP contribution < -0.4 is 5.32 Å². The van der Waals surface area contributed by atoms with Crippen molar-refractivity contribution in [3.8, 4) is 0 Å². The van der Waals surface area contributed by atoms with E-state index in [1.165, 1.54) is 12.8 Å². The highest BCUT2D eigenvalue weighted by molar-refractivity contribution is 9.10. The van der Waals surface area contributed by atoms with Gasteiger partial charge in [0.15, 0.2) is 0 Å². The minimum atomic E-state index is -0.890. The predicted octanol–water partition coefficient (Wildman–Crippen LogP) is 3.61. The van der Waals surface area contributed by atoms with Crippen molar-refractivity contribution in [1.29, 1.82) is 0 Å². The number of rotatable bonds is 5. The molecule has 1 atom stereocenters. The van der Waals surface area contributed by atoms with Gasteiger partial charge in [-0.2, -0.15) is 0 Å². The van der Waals surface area contributed by atoms with E-state index in [4.69, 9.17) is 5.11 Å². The molecule has 92 valence electrons. The molecule has 0 aromatic heterocycles. The van der Waals surface area contributed by atoms with Gasteiger partial charge in [-0.25, -0.2) is 4.79 Å². The van der Waals surface area contributed by atoms with Crippen molar-refractivity contribution in [2.45, 2.75) is 19.8 Å². The lowest BCUT2D eigenvalue weighted by Crippen LogP contribution is -2.15. The van der Waals surface area contributed by atoms with Crippen LogP contribution in [0.15, 0.2) is 22.7 Å². The Bertz CT molecular complexity index is 429. The molecule has 0 bridgehead atoms. The number of hydrogen-bond donors (Lipinski definition) is 2. The van der Waals surface area contributed by atoms with Crippen LogP contribution in [0.25, 0.3) is 0 Å². The first-order chi connectivity index (χ1) is 8.08. The maximum absolute atomic E-state index is 11.1. The Morgan fingerprint density at radius 2 is 2.29 bits per heavy atom. The van der Waals surface area contributed by atoms with Gasteiger partial charge in [0.05, 0.1) is 5.56 Å². The maximum Gasteiger partial charge on any atom is 0.337 e. The second-order valence-corrected chi connectivity index (χ2v) is 5.61. The molecule has 3 nitrogen and oxygen atoms in total. The average molecular weight is 298 g/mol. The number of carboxylic acids is 1. The first-order valence-electron chi connectivity index (χ1n) is 5.84. The van der Waals surface area contributed by atoms with E-state index in [-0.39, 0.29) is 0 Å². The molecular formula is C13H16BrNO2. The van der Waals surface area contributed by atoms with Gasteiger partial charge in [-0.1, -0.05) is 22.9 Å². The molecule has 1 unspecified atom stereocenters. The molecule has 1 aliphatic carbocycles. The fourth-order valence-electron chi connectivity index (χ4n) is 1.95. The van der Waals surface area contributed by atoms with E-state index in [1.807, 2.05) is 6.07 Å². The van der Waals surface area contributed by atoms with Gasteiger partial charge in [0.1, 0.15) is 0 Å². The molecule has 17 heavy (non-hydrogen) atoms. The van der Waals surface area contributed by atoms with Crippen LogP contribution in [0.5, 0.6) is 0 Å². The van der Waals surface area contributed by atoms with Crippen LogP contribution in [0, 0.1) is 11.8 Å². The highest BCUT2D eigenvalue weighted by Gasteiger charge is 2.27. The molecule has 1 aromatic carbocycles. The Balaban J connectivity index is 2.07. The van der Waals surface area contributed by atoms with Crippen LogP contribution >= 0.6 is 15.9 Å². The highest BCUT2D eigenvalue weighted by Crippen LogP contribution is 2.36. The number of nitrogens with one attached hydrogen (secondary N) is 1. The number of benzene rings is 1. The van der Waals surface area contributed by atoms with E-state index >= 15 is 0 Å². The highest BCUT2D eigenvalue weighted by atomic mass is 79.9. The number of anilines is 1. The Kier molecular flexibility index (Phi) is 3.72. The largest absolute Gasteiger partial charge is 0.478 e. The van der Waals surface area contributed by atoms with Gasteiger partial charge in [-0.15, -0.1) is 0 Å². The summed E-state index contributed by atoms with van der Waals surface area (Å²) in [5.41, 5.74) is 1.02. The average Bonchev–Trinajstić information content (AvgIpc) is 3.09. The molecule has 0 heterocycles. The van der Waals surface area contributed by atoms with E-state index in [0.29, 0.717) is 17.2 Å². The van der Waals surface area contributed by atoms with E-state index in [2.05, 4.69) is 28.2 Å². The van der Waals surface area contributed by atoms with Gasteiger partial charge in [-0.3, -0.25) is 0 Å². The Morgan fingerprint density at radius 1 is 1.59 bits per heavy atom. The Hall–Kier alpha value is -1.03. The van der Waals surface area contributed by atoms with E-state index in [9.17, 15) is 4.79 Å². The molecule has 0 amide bonds. The number of hydrogen-bond acceptors (Lipinski definition) is 2. The molecule has 2 N–H and O–H groups in total. The summed E-state index contributed by atoms with van der Waals surface area (Å²) in [7, 11) is 0. The minimum Gasteiger partial charge on any atom is -0.478 e. The zero-order valence-corrected chi connectivity index (χ0v) is 11.3. The summed E-state index contributed by atoms with van der Waals surface area (Å²) >= 11 is 3.36. The fourth-order valence-corrected chi connectivity index (χ4v) is 2.31. The SMILES string of the molecule is CC(CNc1cc(Br)ccc1C(=O)O)C1CC1. The van der Waals surface area contributed by atoms with Crippen molar-refractivity contribution < 1.29 is 9.90 Å². The lowest BCUT2D eigenvalue weighted by atomic mass is 10.1. The van der Waals surface area contributed by atoms with Crippen molar-refractivity contribution in [2.75, 3.05) is 11.9 Å². The van der Waals surface area contributed by atoms with Crippen LogP contribution in [0.4, 0.5) is 5.69 Å². The first kappa shape index (κ1) is 12.4. The zero-order valence-electron chi connectivity index (χ0n) is 9.74. The van der Waals surface area contributed by atoms with E-state index in [0.717, 1.165) is 16.9 Å². The topological polar surface area (TPSA) is 49.3 Å². The standard InChI is InChI=1S/C13H16BrNO2/c1-8(9-2-3-9)7-15-12-6-10(14)4-5-11(12)13(16)17/h4-6,8-9,15H,2-3,7H2,1H3,(H,16,17). The molecule has 2 rings (SSSR count). The predicted molar refractivity (Wildman–Crippen MR) is 71.5 cm³/mol. The molecule has 1 aromatic rings. The summed E-state index contributed by atoms with van der Waals surface area (Å²) in [6.07, 6.45) is 2.63. The Labute approximate surface area is 109 Å². The summed E-state index contributed by atoms with van der Waals surface area (Å²) in [6, 6.07) is 5.19. The third kappa shape index (κ3) is 3.22. The third-order valence-electron chi connectivity index (χ3n) is 3.25. The first-order valence-corrected chi connectivity index (χ1v) is 6.64. The van der Waals surface area contributed by atoms with Gasteiger partial charge in [0.25, 0.3) is 0 Å². The fraction of sp³-hybridized carbons (Fsp3) is 0.462. The van der Waals surface area contributed by atoms with Gasteiger partial charge < -0.3 is 10.4 Å². The number of carbonyl (C=O) groups is 1. The lowest BCUT2D eigenvalue weighted by molar-refractivity contribution is 0.0698. The summed E-state index contributed by atoms with van der Waals surface area (Å²) in [4.78, 5) is 11.1. The van der Waals surface area contributed by atoms with E-state index in [1.54, 1.807) is 12.1 Å². The maximum atomic E-state index is 11.1. The third-order valence-corrected chi connectivity index (χ3v) is 3.75. The smallest absolute Gasteiger partial charge is 0.337 e. The van der Waals surface area contributed by atoms with Crippen molar-refractivity contribution in [1.82, 2.24) is 0 Å².